The second-order valence-electron chi connectivity index (χ2n) is 16.6. The molecule has 3 aromatic heterocycles. The molecule has 4 aliphatic heterocycles. The third-order valence-electron chi connectivity index (χ3n) is 12.4. The van der Waals surface area contributed by atoms with Gasteiger partial charge in [0.15, 0.2) is 11.6 Å². The SMILES string of the molecule is CC(C)n1cnc2cc(-c3ccc4c(c3)N(C3CC(N5CCC(C)(C)C5)C3)C(=O)C43CCN(C(=O)[C@@H]4CCO4)CC3)nc(Nc3ccncc3F)c21. The fourth-order valence-electron chi connectivity index (χ4n) is 9.16. The molecule has 4 fully saturated rings. The molecular weight excluding hydrogens is 659 g/mol. The third kappa shape index (κ3) is 5.39. The van der Waals surface area contributed by atoms with Gasteiger partial charge in [-0.1, -0.05) is 26.0 Å². The van der Waals surface area contributed by atoms with Crippen LogP contribution in [0, 0.1) is 11.2 Å². The molecule has 1 spiro atoms. The normalized spacial score (nSPS) is 25.1. The van der Waals surface area contributed by atoms with Gasteiger partial charge in [0.05, 0.1) is 41.4 Å². The number of rotatable bonds is 7. The quantitative estimate of drug-likeness (QED) is 0.242. The van der Waals surface area contributed by atoms with Crippen LogP contribution in [-0.4, -0.2) is 92.1 Å². The summed E-state index contributed by atoms with van der Waals surface area (Å²) in [4.78, 5) is 48.3. The number of amides is 2. The molecule has 272 valence electrons. The van der Waals surface area contributed by atoms with Crippen LogP contribution >= 0.6 is 0 Å². The van der Waals surface area contributed by atoms with Crippen molar-refractivity contribution in [3.05, 3.63) is 60.4 Å². The standard InChI is InChI=1S/C40H47FN8O3/c1-24(2)48-23-43-32-20-31(45-36(35(32)48)44-30-7-12-42-21-29(30)41)25-5-6-28-33(17-25)49(27-18-26(19-27)47-13-9-39(3,4)22-47)38(51)40(28)10-14-46(15-11-40)37(50)34-8-16-52-34/h5-7,12,17,20-21,23-24,26-27,34H,8-11,13-16,18-19,22H2,1-4H3,(H,42,44,45)/t26?,27?,34-/m0/s1. The number of hydrogen-bond donors (Lipinski definition) is 1. The Balaban J connectivity index is 1.08. The van der Waals surface area contributed by atoms with E-state index in [2.05, 4.69) is 66.0 Å². The minimum absolute atomic E-state index is 0.0479. The number of benzene rings is 1. The highest BCUT2D eigenvalue weighted by Crippen LogP contribution is 2.52. The van der Waals surface area contributed by atoms with E-state index in [0.29, 0.717) is 55.5 Å². The van der Waals surface area contributed by atoms with Gasteiger partial charge in [-0.2, -0.15) is 0 Å². The largest absolute Gasteiger partial charge is 0.368 e. The lowest BCUT2D eigenvalue weighted by Gasteiger charge is -2.47. The topological polar surface area (TPSA) is 109 Å². The number of nitrogens with one attached hydrogen (secondary N) is 1. The lowest BCUT2D eigenvalue weighted by molar-refractivity contribution is -0.158. The Morgan fingerprint density at radius 1 is 1.06 bits per heavy atom. The zero-order valence-electron chi connectivity index (χ0n) is 30.4. The molecule has 2 amide bonds. The molecule has 1 aromatic carbocycles. The van der Waals surface area contributed by atoms with Crippen LogP contribution in [0.25, 0.3) is 22.3 Å². The van der Waals surface area contributed by atoms with Crippen molar-refractivity contribution in [2.45, 2.75) is 95.9 Å². The minimum Gasteiger partial charge on any atom is -0.368 e. The zero-order chi connectivity index (χ0) is 35.9. The van der Waals surface area contributed by atoms with Crippen molar-refractivity contribution in [2.24, 2.45) is 5.41 Å². The van der Waals surface area contributed by atoms with Gasteiger partial charge in [0.2, 0.25) is 5.91 Å². The van der Waals surface area contributed by atoms with Crippen molar-refractivity contribution in [3.63, 3.8) is 0 Å². The van der Waals surface area contributed by atoms with Gasteiger partial charge in [0, 0.05) is 61.6 Å². The van der Waals surface area contributed by atoms with E-state index < -0.39 is 11.2 Å². The Morgan fingerprint density at radius 2 is 1.85 bits per heavy atom. The monoisotopic (exact) mass is 706 g/mol. The lowest BCUT2D eigenvalue weighted by atomic mass is 9.73. The Morgan fingerprint density at radius 3 is 2.52 bits per heavy atom. The van der Waals surface area contributed by atoms with E-state index in [0.717, 1.165) is 60.2 Å². The fraction of sp³-hybridized carbons (Fsp3) is 0.525. The molecule has 0 bridgehead atoms. The molecule has 1 atom stereocenters. The molecule has 9 rings (SSSR count). The van der Waals surface area contributed by atoms with E-state index in [9.17, 15) is 14.0 Å². The van der Waals surface area contributed by atoms with Crippen molar-refractivity contribution in [2.75, 3.05) is 43.0 Å². The summed E-state index contributed by atoms with van der Waals surface area (Å²) in [5.74, 6) is 0.231. The summed E-state index contributed by atoms with van der Waals surface area (Å²) < 4.78 is 22.4. The van der Waals surface area contributed by atoms with Gasteiger partial charge in [-0.3, -0.25) is 19.5 Å². The number of likely N-dealkylation sites (tertiary alicyclic amines) is 2. The van der Waals surface area contributed by atoms with E-state index in [1.54, 1.807) is 18.6 Å². The van der Waals surface area contributed by atoms with Crippen molar-refractivity contribution in [3.8, 4) is 11.3 Å². The second kappa shape index (κ2) is 12.3. The van der Waals surface area contributed by atoms with Crippen molar-refractivity contribution in [1.29, 1.82) is 0 Å². The van der Waals surface area contributed by atoms with Crippen molar-refractivity contribution >= 4 is 40.0 Å². The van der Waals surface area contributed by atoms with Crippen LogP contribution in [0.5, 0.6) is 0 Å². The Labute approximate surface area is 303 Å². The van der Waals surface area contributed by atoms with Gasteiger partial charge in [0.25, 0.3) is 5.91 Å². The van der Waals surface area contributed by atoms with Crippen LogP contribution in [0.1, 0.15) is 77.8 Å². The summed E-state index contributed by atoms with van der Waals surface area (Å²) >= 11 is 0. The summed E-state index contributed by atoms with van der Waals surface area (Å²) in [7, 11) is 0. The number of carbonyl (C=O) groups excluding carboxylic acids is 2. The van der Waals surface area contributed by atoms with Gasteiger partial charge in [0.1, 0.15) is 11.6 Å². The van der Waals surface area contributed by atoms with Gasteiger partial charge < -0.3 is 24.4 Å². The van der Waals surface area contributed by atoms with Gasteiger partial charge in [-0.25, -0.2) is 14.4 Å². The first-order valence-electron chi connectivity index (χ1n) is 18.9. The lowest BCUT2D eigenvalue weighted by Crippen LogP contribution is -2.58. The maximum Gasteiger partial charge on any atom is 0.251 e. The van der Waals surface area contributed by atoms with Crippen LogP contribution in [0.15, 0.2) is 49.1 Å². The average Bonchev–Trinajstić information content (AvgIpc) is 3.74. The van der Waals surface area contributed by atoms with E-state index in [4.69, 9.17) is 14.7 Å². The number of hydrogen-bond acceptors (Lipinski definition) is 8. The number of pyridine rings is 2. The minimum atomic E-state index is -0.676. The molecule has 1 aliphatic carbocycles. The molecule has 52 heavy (non-hydrogen) atoms. The number of anilines is 3. The summed E-state index contributed by atoms with van der Waals surface area (Å²) in [5, 5.41) is 3.23. The van der Waals surface area contributed by atoms with Crippen molar-refractivity contribution < 1.29 is 18.7 Å². The van der Waals surface area contributed by atoms with Gasteiger partial charge in [-0.15, -0.1) is 0 Å². The number of carbonyl (C=O) groups is 2. The maximum atomic E-state index is 14.9. The van der Waals surface area contributed by atoms with Crippen LogP contribution in [0.3, 0.4) is 0 Å². The number of piperidine rings is 1. The van der Waals surface area contributed by atoms with Crippen LogP contribution in [0.2, 0.25) is 0 Å². The molecule has 5 aliphatic rings. The molecule has 4 aromatic rings. The zero-order valence-corrected chi connectivity index (χ0v) is 30.4. The average molecular weight is 707 g/mol. The molecule has 0 radical (unpaired) electrons. The van der Waals surface area contributed by atoms with E-state index in [-0.39, 0.29) is 35.7 Å². The summed E-state index contributed by atoms with van der Waals surface area (Å²) in [6, 6.07) is 10.6. The van der Waals surface area contributed by atoms with Crippen LogP contribution in [-0.2, 0) is 19.7 Å². The number of fused-ring (bicyclic) bond motifs is 3. The van der Waals surface area contributed by atoms with Crippen LogP contribution in [0.4, 0.5) is 21.6 Å². The van der Waals surface area contributed by atoms with Gasteiger partial charge in [-0.05, 0) is 81.7 Å². The number of ether oxygens (including phenoxy) is 1. The van der Waals surface area contributed by atoms with Crippen LogP contribution < -0.4 is 10.2 Å². The molecule has 1 N–H and O–H groups in total. The third-order valence-corrected chi connectivity index (χ3v) is 12.4. The first-order chi connectivity index (χ1) is 25.0. The highest BCUT2D eigenvalue weighted by Gasteiger charge is 2.56. The molecule has 7 heterocycles. The first-order valence-corrected chi connectivity index (χ1v) is 18.9. The molecule has 1 saturated carbocycles. The Kier molecular flexibility index (Phi) is 7.93. The van der Waals surface area contributed by atoms with E-state index >= 15 is 0 Å². The maximum absolute atomic E-state index is 14.9. The molecule has 12 heteroatoms. The molecular formula is C40H47FN8O3. The number of imidazole rings is 1. The predicted molar refractivity (Wildman–Crippen MR) is 197 cm³/mol. The fourth-order valence-corrected chi connectivity index (χ4v) is 9.16. The Bertz CT molecular complexity index is 2060. The number of aromatic nitrogens is 4. The van der Waals surface area contributed by atoms with E-state index in [1.165, 1.54) is 12.6 Å². The smallest absolute Gasteiger partial charge is 0.251 e. The summed E-state index contributed by atoms with van der Waals surface area (Å²) in [6.45, 7) is 12.7. The van der Waals surface area contributed by atoms with Crippen molar-refractivity contribution in [1.82, 2.24) is 29.3 Å². The second-order valence-corrected chi connectivity index (χ2v) is 16.6. The highest BCUT2D eigenvalue weighted by molar-refractivity contribution is 6.09. The van der Waals surface area contributed by atoms with Gasteiger partial charge >= 0.3 is 0 Å². The summed E-state index contributed by atoms with van der Waals surface area (Å²) in [6.07, 6.45) is 9.23. The predicted octanol–water partition coefficient (Wildman–Crippen LogP) is 6.22. The first kappa shape index (κ1) is 33.4. The molecule has 11 nitrogen and oxygen atoms in total. The van der Waals surface area contributed by atoms with E-state index in [1.807, 2.05) is 15.5 Å². The summed E-state index contributed by atoms with van der Waals surface area (Å²) in [5.41, 5.74) is 4.98. The Hall–Kier alpha value is -4.42. The molecule has 0 unspecified atom stereocenters. The number of nitrogens with zero attached hydrogens (tertiary/aromatic N) is 7. The number of halogens is 1. The molecule has 3 saturated heterocycles. The highest BCUT2D eigenvalue weighted by atomic mass is 19.1.